The summed E-state index contributed by atoms with van der Waals surface area (Å²) in [5.41, 5.74) is -0.197. The second kappa shape index (κ2) is 13.1. The molecule has 2 aromatic carbocycles. The fourth-order valence-corrected chi connectivity index (χ4v) is 6.15. The van der Waals surface area contributed by atoms with Crippen LogP contribution >= 0.6 is 11.8 Å². The Hall–Kier alpha value is -4.04. The molecule has 2 aliphatic heterocycles. The first-order valence-electron chi connectivity index (χ1n) is 13.1. The molecule has 0 saturated carbocycles. The quantitative estimate of drug-likeness (QED) is 0.0993. The normalized spacial score (nSPS) is 16.0. The fraction of sp³-hybridized carbons (Fsp3) is 0.333. The van der Waals surface area contributed by atoms with Gasteiger partial charge in [-0.25, -0.2) is 0 Å². The molecule has 0 fully saturated rings. The van der Waals surface area contributed by atoms with E-state index in [1.165, 1.54) is 59.6 Å². The van der Waals surface area contributed by atoms with Crippen LogP contribution in [0.4, 0.5) is 5.69 Å². The molecule has 1 amide bonds. The first-order chi connectivity index (χ1) is 19.6. The van der Waals surface area contributed by atoms with Crippen LogP contribution in [0, 0.1) is 15.5 Å². The number of hydrogen-bond donors (Lipinski definition) is 1. The molecule has 4 rings (SSSR count). The first kappa shape index (κ1) is 29.9. The number of hydrazone groups is 1. The van der Waals surface area contributed by atoms with Gasteiger partial charge in [0.2, 0.25) is 5.17 Å². The molecule has 0 unspecified atom stereocenters. The van der Waals surface area contributed by atoms with Gasteiger partial charge in [-0.15, -0.1) is 0 Å². The fourth-order valence-electron chi connectivity index (χ4n) is 4.11. The first-order valence-corrected chi connectivity index (χ1v) is 15.3. The van der Waals surface area contributed by atoms with Gasteiger partial charge in [0.15, 0.2) is 22.2 Å². The molecule has 0 aliphatic carbocycles. The summed E-state index contributed by atoms with van der Waals surface area (Å²) in [6.07, 6.45) is 7.76. The van der Waals surface area contributed by atoms with Crippen LogP contribution in [0.25, 0.3) is 6.08 Å². The number of para-hydroxylation sites is 1. The van der Waals surface area contributed by atoms with E-state index in [-0.39, 0.29) is 29.5 Å². The van der Waals surface area contributed by atoms with Crippen molar-refractivity contribution in [3.8, 4) is 11.5 Å². The minimum Gasteiger partial charge on any atom is -0.490 e. The lowest BCUT2D eigenvalue weighted by Crippen LogP contribution is -2.35. The van der Waals surface area contributed by atoms with Crippen molar-refractivity contribution in [2.45, 2.75) is 57.3 Å². The lowest BCUT2D eigenvalue weighted by atomic mass is 10.1. The predicted octanol–water partition coefficient (Wildman–Crippen LogP) is 5.74. The molecule has 216 valence electrons. The summed E-state index contributed by atoms with van der Waals surface area (Å²) in [6, 6.07) is 9.09. The molecular formula is C27H29N5O7S2. The van der Waals surface area contributed by atoms with Crippen molar-refractivity contribution in [1.82, 2.24) is 5.01 Å². The van der Waals surface area contributed by atoms with E-state index in [1.807, 2.05) is 0 Å². The second-order valence-electron chi connectivity index (χ2n) is 9.08. The van der Waals surface area contributed by atoms with Crippen LogP contribution < -0.4 is 8.92 Å². The number of amides is 1. The Balaban J connectivity index is 1.56. The maximum Gasteiger partial charge on any atom is 0.346 e. The Bertz CT molecular complexity index is 1570. The van der Waals surface area contributed by atoms with Crippen molar-refractivity contribution in [2.75, 3.05) is 6.61 Å². The van der Waals surface area contributed by atoms with Crippen LogP contribution in [-0.4, -0.2) is 46.9 Å². The second-order valence-corrected chi connectivity index (χ2v) is 11.6. The molecule has 41 heavy (non-hydrogen) atoms. The van der Waals surface area contributed by atoms with E-state index in [2.05, 4.69) is 17.0 Å². The minimum atomic E-state index is -4.58. The highest BCUT2D eigenvalue weighted by atomic mass is 32.2. The van der Waals surface area contributed by atoms with Gasteiger partial charge in [0.05, 0.1) is 17.1 Å². The van der Waals surface area contributed by atoms with Crippen LogP contribution in [0.15, 0.2) is 63.0 Å². The lowest BCUT2D eigenvalue weighted by molar-refractivity contribution is -0.387. The number of nitro groups is 1. The molecule has 0 bridgehead atoms. The van der Waals surface area contributed by atoms with Crippen molar-refractivity contribution >= 4 is 55.6 Å². The molecule has 0 saturated heterocycles. The lowest BCUT2D eigenvalue weighted by Gasteiger charge is -2.20. The predicted molar refractivity (Wildman–Crippen MR) is 157 cm³/mol. The SMILES string of the molecule is CCCCCCCC1=NN2C(=N)/C(=C/c3ccc(OS(=O)(=O)c4ccccc4[N+](=O)[O-])c(OCC)c3)C(=O)N=C2S1. The summed E-state index contributed by atoms with van der Waals surface area (Å²) in [5.74, 6) is -0.874. The van der Waals surface area contributed by atoms with Gasteiger partial charge >= 0.3 is 10.1 Å². The Morgan fingerprint density at radius 1 is 1.10 bits per heavy atom. The number of rotatable bonds is 13. The molecule has 2 aromatic rings. The monoisotopic (exact) mass is 599 g/mol. The Morgan fingerprint density at radius 3 is 2.59 bits per heavy atom. The molecule has 0 aromatic heterocycles. The molecule has 2 aliphatic rings. The number of ether oxygens (including phenoxy) is 1. The smallest absolute Gasteiger partial charge is 0.346 e. The van der Waals surface area contributed by atoms with Crippen LogP contribution in [0.3, 0.4) is 0 Å². The minimum absolute atomic E-state index is 0.00550. The van der Waals surface area contributed by atoms with Gasteiger partial charge in [0.25, 0.3) is 11.6 Å². The summed E-state index contributed by atoms with van der Waals surface area (Å²) in [4.78, 5) is 26.9. The average Bonchev–Trinajstić information content (AvgIpc) is 3.35. The van der Waals surface area contributed by atoms with Crippen molar-refractivity contribution in [3.05, 3.63) is 63.7 Å². The molecular weight excluding hydrogens is 570 g/mol. The Labute approximate surface area is 241 Å². The van der Waals surface area contributed by atoms with Gasteiger partial charge in [0, 0.05) is 6.07 Å². The standard InChI is InChI=1S/C27H29N5O7S2/c1-3-5-6-7-8-13-24-30-31-25(28)19(26(33)29-27(31)40-24)16-18-14-15-21(22(17-18)38-4-2)39-41(36,37)23-12-10-9-11-20(23)32(34)35/h9-12,14-17,28H,3-8,13H2,1-2H3/b19-16-,28-25?. The van der Waals surface area contributed by atoms with Gasteiger partial charge in [-0.1, -0.05) is 50.8 Å². The summed E-state index contributed by atoms with van der Waals surface area (Å²) in [6.45, 7) is 4.00. The number of unbranched alkanes of at least 4 members (excludes halogenated alkanes) is 4. The van der Waals surface area contributed by atoms with Crippen LogP contribution in [0.5, 0.6) is 11.5 Å². The molecule has 0 spiro atoms. The summed E-state index contributed by atoms with van der Waals surface area (Å²) >= 11 is 1.29. The van der Waals surface area contributed by atoms with Crippen LogP contribution in [-0.2, 0) is 14.9 Å². The number of aliphatic imine (C=N–C) groups is 1. The molecule has 14 heteroatoms. The number of thioether (sulfide) groups is 1. The Morgan fingerprint density at radius 2 is 1.85 bits per heavy atom. The molecule has 1 N–H and O–H groups in total. The number of nitro benzene ring substituents is 1. The number of benzene rings is 2. The number of amidine groups is 2. The van der Waals surface area contributed by atoms with Crippen molar-refractivity contribution in [1.29, 1.82) is 5.41 Å². The van der Waals surface area contributed by atoms with E-state index < -0.39 is 31.5 Å². The summed E-state index contributed by atoms with van der Waals surface area (Å²) < 4.78 is 36.6. The molecule has 0 radical (unpaired) electrons. The van der Waals surface area contributed by atoms with Crippen LogP contribution in [0.2, 0.25) is 0 Å². The highest BCUT2D eigenvalue weighted by Crippen LogP contribution is 2.35. The number of nitrogens with one attached hydrogen (secondary N) is 1. The van der Waals surface area contributed by atoms with Crippen molar-refractivity contribution in [3.63, 3.8) is 0 Å². The summed E-state index contributed by atoms with van der Waals surface area (Å²) in [5, 5.41) is 26.9. The zero-order chi connectivity index (χ0) is 29.6. The van der Waals surface area contributed by atoms with Gasteiger partial charge in [-0.2, -0.15) is 23.5 Å². The molecule has 0 atom stereocenters. The van der Waals surface area contributed by atoms with E-state index in [4.69, 9.17) is 14.3 Å². The van der Waals surface area contributed by atoms with E-state index in [0.717, 1.165) is 49.3 Å². The average molecular weight is 600 g/mol. The topological polar surface area (TPSA) is 165 Å². The maximum atomic E-state index is 12.9. The third-order valence-electron chi connectivity index (χ3n) is 6.10. The third kappa shape index (κ3) is 7.00. The molecule has 12 nitrogen and oxygen atoms in total. The maximum absolute atomic E-state index is 12.9. The third-order valence-corrected chi connectivity index (χ3v) is 8.35. The van der Waals surface area contributed by atoms with E-state index in [9.17, 15) is 23.3 Å². The van der Waals surface area contributed by atoms with Crippen molar-refractivity contribution < 1.29 is 27.1 Å². The van der Waals surface area contributed by atoms with Gasteiger partial charge in [-0.05, 0) is 61.4 Å². The van der Waals surface area contributed by atoms with Gasteiger partial charge < -0.3 is 8.92 Å². The number of fused-ring (bicyclic) bond motifs is 1. The number of carbonyl (C=O) groups excluding carboxylic acids is 1. The van der Waals surface area contributed by atoms with E-state index >= 15 is 0 Å². The van der Waals surface area contributed by atoms with Gasteiger partial charge in [0.1, 0.15) is 5.04 Å². The van der Waals surface area contributed by atoms with Gasteiger partial charge in [-0.3, -0.25) is 20.3 Å². The number of nitrogens with zero attached hydrogens (tertiary/aromatic N) is 4. The Kier molecular flexibility index (Phi) is 9.55. The molecule has 2 heterocycles. The number of carbonyl (C=O) groups is 1. The van der Waals surface area contributed by atoms with E-state index in [0.29, 0.717) is 10.7 Å². The highest BCUT2D eigenvalue weighted by molar-refractivity contribution is 8.26. The van der Waals surface area contributed by atoms with Crippen molar-refractivity contribution in [2.24, 2.45) is 10.1 Å². The zero-order valence-electron chi connectivity index (χ0n) is 22.5. The number of hydrogen-bond acceptors (Lipinski definition) is 10. The zero-order valence-corrected chi connectivity index (χ0v) is 24.2. The van der Waals surface area contributed by atoms with Crippen LogP contribution in [0.1, 0.15) is 57.9 Å². The summed E-state index contributed by atoms with van der Waals surface area (Å²) in [7, 11) is -4.58. The van der Waals surface area contributed by atoms with E-state index in [1.54, 1.807) is 6.92 Å². The largest absolute Gasteiger partial charge is 0.490 e. The highest BCUT2D eigenvalue weighted by Gasteiger charge is 2.35.